The minimum absolute atomic E-state index is 0.152. The van der Waals surface area contributed by atoms with Crippen LogP contribution in [0.15, 0.2) is 89.4 Å². The van der Waals surface area contributed by atoms with Crippen molar-refractivity contribution in [3.8, 4) is 5.75 Å². The van der Waals surface area contributed by atoms with Gasteiger partial charge >= 0.3 is 0 Å². The van der Waals surface area contributed by atoms with Crippen molar-refractivity contribution < 1.29 is 9.53 Å². The van der Waals surface area contributed by atoms with Gasteiger partial charge in [-0.2, -0.15) is 0 Å². The minimum Gasteiger partial charge on any atom is -0.497 e. The van der Waals surface area contributed by atoms with Crippen molar-refractivity contribution in [2.75, 3.05) is 12.0 Å². The lowest BCUT2D eigenvalue weighted by Crippen LogP contribution is -2.26. The Labute approximate surface area is 171 Å². The van der Waals surface area contributed by atoms with Gasteiger partial charge in [-0.3, -0.25) is 9.69 Å². The summed E-state index contributed by atoms with van der Waals surface area (Å²) in [7, 11) is 1.62. The van der Waals surface area contributed by atoms with Crippen LogP contribution in [0.1, 0.15) is 10.4 Å². The first-order valence-electron chi connectivity index (χ1n) is 8.75. The van der Waals surface area contributed by atoms with Gasteiger partial charge < -0.3 is 4.74 Å². The highest BCUT2D eigenvalue weighted by Crippen LogP contribution is 2.29. The number of hydrogen-bond acceptors (Lipinski definition) is 3. The molecular formula is C23H17BrN2O2. The molecule has 3 aromatic carbocycles. The van der Waals surface area contributed by atoms with Crippen LogP contribution in [-0.4, -0.2) is 18.0 Å². The smallest absolute Gasteiger partial charge is 0.264 e. The molecule has 0 N–H and O–H groups in total. The van der Waals surface area contributed by atoms with Crippen LogP contribution >= 0.6 is 15.9 Å². The van der Waals surface area contributed by atoms with Crippen LogP contribution < -0.4 is 9.64 Å². The molecule has 4 nitrogen and oxygen atoms in total. The second kappa shape index (κ2) is 7.82. The minimum atomic E-state index is -0.152. The van der Waals surface area contributed by atoms with E-state index in [1.165, 1.54) is 0 Å². The van der Waals surface area contributed by atoms with Crippen LogP contribution in [0.3, 0.4) is 0 Å². The van der Waals surface area contributed by atoms with Crippen LogP contribution in [0.25, 0.3) is 10.9 Å². The summed E-state index contributed by atoms with van der Waals surface area (Å²) in [6.07, 6.45) is 0. The summed E-state index contributed by atoms with van der Waals surface area (Å²) in [5.74, 6) is 1.14. The predicted octanol–water partition coefficient (Wildman–Crippen LogP) is 5.98. The van der Waals surface area contributed by atoms with E-state index in [9.17, 15) is 4.79 Å². The molecule has 1 aromatic heterocycles. The maximum absolute atomic E-state index is 13.4. The average molecular weight is 433 g/mol. The molecule has 0 saturated heterocycles. The predicted molar refractivity (Wildman–Crippen MR) is 115 cm³/mol. The van der Waals surface area contributed by atoms with Gasteiger partial charge in [-0.1, -0.05) is 34.1 Å². The molecule has 4 aromatic rings. The van der Waals surface area contributed by atoms with Crippen molar-refractivity contribution in [2.24, 2.45) is 0 Å². The third kappa shape index (κ3) is 3.62. The number of fused-ring (bicyclic) bond motifs is 1. The van der Waals surface area contributed by atoms with E-state index in [4.69, 9.17) is 9.72 Å². The zero-order valence-electron chi connectivity index (χ0n) is 15.2. The first kappa shape index (κ1) is 18.2. The molecule has 4 rings (SSSR count). The highest BCUT2D eigenvalue weighted by atomic mass is 79.9. The maximum atomic E-state index is 13.4. The van der Waals surface area contributed by atoms with Crippen molar-refractivity contribution in [3.63, 3.8) is 0 Å². The van der Waals surface area contributed by atoms with Gasteiger partial charge in [0.2, 0.25) is 0 Å². The third-order valence-electron chi connectivity index (χ3n) is 4.44. The van der Waals surface area contributed by atoms with Crippen molar-refractivity contribution in [2.45, 2.75) is 0 Å². The Hall–Kier alpha value is -3.18. The van der Waals surface area contributed by atoms with E-state index >= 15 is 0 Å². The quantitative estimate of drug-likeness (QED) is 0.397. The number of carbonyl (C=O) groups excluding carboxylic acids is 1. The maximum Gasteiger partial charge on any atom is 0.264 e. The highest BCUT2D eigenvalue weighted by molar-refractivity contribution is 9.10. The molecule has 0 atom stereocenters. The van der Waals surface area contributed by atoms with Gasteiger partial charge in [0.1, 0.15) is 11.6 Å². The van der Waals surface area contributed by atoms with Crippen LogP contribution in [0.5, 0.6) is 5.75 Å². The van der Waals surface area contributed by atoms with Crippen molar-refractivity contribution in [1.82, 2.24) is 4.98 Å². The lowest BCUT2D eigenvalue weighted by atomic mass is 10.1. The van der Waals surface area contributed by atoms with Gasteiger partial charge in [0.25, 0.3) is 5.91 Å². The second-order valence-corrected chi connectivity index (χ2v) is 7.12. The fourth-order valence-electron chi connectivity index (χ4n) is 2.99. The number of para-hydroxylation sites is 1. The molecule has 1 heterocycles. The van der Waals surface area contributed by atoms with Gasteiger partial charge in [0.15, 0.2) is 0 Å². The van der Waals surface area contributed by atoms with Gasteiger partial charge in [-0.15, -0.1) is 0 Å². The molecule has 5 heteroatoms. The SMILES string of the molecule is COc1ccc(N(C(=O)c2ccc(Br)cc2)c2ccc3ccccc3n2)cc1. The molecule has 0 aliphatic heterocycles. The number of pyridine rings is 1. The normalized spacial score (nSPS) is 10.6. The first-order chi connectivity index (χ1) is 13.7. The van der Waals surface area contributed by atoms with E-state index in [1.807, 2.05) is 72.8 Å². The fraction of sp³-hybridized carbons (Fsp3) is 0.0435. The van der Waals surface area contributed by atoms with Gasteiger partial charge in [-0.05, 0) is 66.7 Å². The molecule has 138 valence electrons. The summed E-state index contributed by atoms with van der Waals surface area (Å²) < 4.78 is 6.17. The number of amides is 1. The number of anilines is 2. The number of carbonyl (C=O) groups is 1. The average Bonchev–Trinajstić information content (AvgIpc) is 2.75. The van der Waals surface area contributed by atoms with E-state index in [2.05, 4.69) is 15.9 Å². The number of benzene rings is 3. The van der Waals surface area contributed by atoms with E-state index in [-0.39, 0.29) is 5.91 Å². The molecule has 0 spiro atoms. The van der Waals surface area contributed by atoms with Crippen molar-refractivity contribution >= 4 is 44.2 Å². The molecule has 0 unspecified atom stereocenters. The van der Waals surface area contributed by atoms with E-state index in [0.29, 0.717) is 11.4 Å². The molecule has 0 radical (unpaired) electrons. The Bertz CT molecular complexity index is 1130. The van der Waals surface area contributed by atoms with E-state index in [1.54, 1.807) is 24.1 Å². The van der Waals surface area contributed by atoms with E-state index in [0.717, 1.165) is 26.8 Å². The molecular weight excluding hydrogens is 416 g/mol. The zero-order chi connectivity index (χ0) is 19.5. The van der Waals surface area contributed by atoms with Crippen LogP contribution in [-0.2, 0) is 0 Å². The molecule has 28 heavy (non-hydrogen) atoms. The standard InChI is InChI=1S/C23H17BrN2O2/c1-28-20-13-11-19(12-14-20)26(23(27)17-6-9-18(24)10-7-17)22-15-8-16-4-2-3-5-21(16)25-22/h2-15H,1H3. The molecule has 0 aliphatic rings. The monoisotopic (exact) mass is 432 g/mol. The summed E-state index contributed by atoms with van der Waals surface area (Å²) in [6.45, 7) is 0. The van der Waals surface area contributed by atoms with Gasteiger partial charge in [0.05, 0.1) is 18.3 Å². The lowest BCUT2D eigenvalue weighted by Gasteiger charge is -2.23. The lowest BCUT2D eigenvalue weighted by molar-refractivity contribution is 0.0998. The number of aromatic nitrogens is 1. The van der Waals surface area contributed by atoms with E-state index < -0.39 is 0 Å². The van der Waals surface area contributed by atoms with Crippen LogP contribution in [0.4, 0.5) is 11.5 Å². The summed E-state index contributed by atoms with van der Waals surface area (Å²) in [6, 6.07) is 26.4. The Balaban J connectivity index is 1.83. The van der Waals surface area contributed by atoms with Gasteiger partial charge in [0, 0.05) is 15.4 Å². The number of rotatable bonds is 4. The summed E-state index contributed by atoms with van der Waals surface area (Å²) in [5.41, 5.74) is 2.13. The Morgan fingerprint density at radius 3 is 2.32 bits per heavy atom. The van der Waals surface area contributed by atoms with Crippen LogP contribution in [0, 0.1) is 0 Å². The Morgan fingerprint density at radius 1 is 0.893 bits per heavy atom. The number of halogens is 1. The Kier molecular flexibility index (Phi) is 5.08. The zero-order valence-corrected chi connectivity index (χ0v) is 16.8. The largest absolute Gasteiger partial charge is 0.497 e. The molecule has 0 saturated carbocycles. The summed E-state index contributed by atoms with van der Waals surface area (Å²) in [5, 5.41) is 1.03. The van der Waals surface area contributed by atoms with Crippen molar-refractivity contribution in [1.29, 1.82) is 0 Å². The molecule has 0 fully saturated rings. The molecule has 0 aliphatic carbocycles. The number of ether oxygens (including phenoxy) is 1. The first-order valence-corrected chi connectivity index (χ1v) is 9.55. The Morgan fingerprint density at radius 2 is 1.61 bits per heavy atom. The van der Waals surface area contributed by atoms with Crippen LogP contribution in [0.2, 0.25) is 0 Å². The topological polar surface area (TPSA) is 42.4 Å². The second-order valence-electron chi connectivity index (χ2n) is 6.21. The summed E-state index contributed by atoms with van der Waals surface area (Å²) in [4.78, 5) is 19.7. The number of methoxy groups -OCH3 is 1. The number of hydrogen-bond donors (Lipinski definition) is 0. The number of nitrogens with zero attached hydrogens (tertiary/aromatic N) is 2. The van der Waals surface area contributed by atoms with Gasteiger partial charge in [-0.25, -0.2) is 4.98 Å². The fourth-order valence-corrected chi connectivity index (χ4v) is 3.25. The molecule has 1 amide bonds. The van der Waals surface area contributed by atoms with Crippen molar-refractivity contribution in [3.05, 3.63) is 95.0 Å². The third-order valence-corrected chi connectivity index (χ3v) is 4.97. The summed E-state index contributed by atoms with van der Waals surface area (Å²) >= 11 is 3.41. The highest BCUT2D eigenvalue weighted by Gasteiger charge is 2.21. The molecule has 0 bridgehead atoms.